The number of alkyl halides is 1. The molecule has 1 aromatic carbocycles. The second-order valence-electron chi connectivity index (χ2n) is 3.03. The van der Waals surface area contributed by atoms with E-state index in [9.17, 15) is 4.79 Å². The minimum atomic E-state index is 0.0743. The smallest absolute Gasteiger partial charge is 0.151 e. The molecule has 0 N–H and O–H groups in total. The first kappa shape index (κ1) is 12.9. The first-order valence-electron chi connectivity index (χ1n) is 4.49. The molecule has 0 atom stereocenters. The van der Waals surface area contributed by atoms with Crippen molar-refractivity contribution in [2.24, 2.45) is 0 Å². The van der Waals surface area contributed by atoms with Gasteiger partial charge in [0, 0.05) is 16.2 Å². The van der Waals surface area contributed by atoms with E-state index >= 15 is 0 Å². The molecule has 0 bridgehead atoms. The average molecular weight is 261 g/mol. The van der Waals surface area contributed by atoms with E-state index in [1.807, 2.05) is 12.5 Å². The van der Waals surface area contributed by atoms with Crippen molar-refractivity contribution in [3.63, 3.8) is 0 Å². The lowest BCUT2D eigenvalue weighted by atomic mass is 10.1. The Morgan fingerprint density at radius 3 is 2.60 bits per heavy atom. The van der Waals surface area contributed by atoms with Gasteiger partial charge in [-0.2, -0.15) is 0 Å². The maximum Gasteiger partial charge on any atom is 0.151 e. The molecule has 1 nitrogen and oxygen atoms in total. The van der Waals surface area contributed by atoms with Crippen LogP contribution < -0.4 is 0 Å². The van der Waals surface area contributed by atoms with Gasteiger partial charge >= 0.3 is 0 Å². The van der Waals surface area contributed by atoms with Gasteiger partial charge in [0.1, 0.15) is 0 Å². The first-order chi connectivity index (χ1) is 7.21. The predicted molar refractivity (Wildman–Crippen MR) is 69.4 cm³/mol. The SMILES string of the molecule is CSc1ccc(SC)c(CC(=O)CCl)c1. The van der Waals surface area contributed by atoms with Crippen LogP contribution in [0.25, 0.3) is 0 Å². The Hall–Kier alpha value is -0.120. The number of halogens is 1. The molecule has 0 amide bonds. The number of Topliss-reactive ketones (excluding diaryl/α,β-unsaturated/α-hetero) is 1. The highest BCUT2D eigenvalue weighted by Crippen LogP contribution is 2.26. The molecule has 82 valence electrons. The van der Waals surface area contributed by atoms with Gasteiger partial charge in [-0.1, -0.05) is 0 Å². The normalized spacial score (nSPS) is 10.3. The molecule has 0 unspecified atom stereocenters. The fraction of sp³-hybridized carbons (Fsp3) is 0.364. The summed E-state index contributed by atoms with van der Waals surface area (Å²) in [6.07, 6.45) is 4.48. The number of carbonyl (C=O) groups is 1. The fourth-order valence-electron chi connectivity index (χ4n) is 1.28. The van der Waals surface area contributed by atoms with Crippen LogP contribution in [0, 0.1) is 0 Å². The Balaban J connectivity index is 2.95. The zero-order valence-electron chi connectivity index (χ0n) is 8.75. The summed E-state index contributed by atoms with van der Waals surface area (Å²) in [5, 5.41) is 0. The number of thioether (sulfide) groups is 2. The van der Waals surface area contributed by atoms with Crippen LogP contribution in [0.4, 0.5) is 0 Å². The summed E-state index contributed by atoms with van der Waals surface area (Å²) >= 11 is 8.86. The molecule has 1 aromatic rings. The van der Waals surface area contributed by atoms with Gasteiger partial charge in [-0.15, -0.1) is 35.1 Å². The highest BCUT2D eigenvalue weighted by molar-refractivity contribution is 7.99. The Bertz CT molecular complexity index is 352. The third kappa shape index (κ3) is 3.74. The molecular formula is C11H13ClOS2. The lowest BCUT2D eigenvalue weighted by molar-refractivity contribution is -0.116. The van der Waals surface area contributed by atoms with Gasteiger partial charge < -0.3 is 0 Å². The van der Waals surface area contributed by atoms with Gasteiger partial charge in [0.2, 0.25) is 0 Å². The zero-order chi connectivity index (χ0) is 11.3. The number of hydrogen-bond acceptors (Lipinski definition) is 3. The molecule has 1 rings (SSSR count). The largest absolute Gasteiger partial charge is 0.298 e. The van der Waals surface area contributed by atoms with Crippen LogP contribution in [0.3, 0.4) is 0 Å². The summed E-state index contributed by atoms with van der Waals surface area (Å²) in [6, 6.07) is 6.21. The highest BCUT2D eigenvalue weighted by atomic mass is 35.5. The number of rotatable bonds is 5. The molecule has 0 saturated heterocycles. The van der Waals surface area contributed by atoms with E-state index in [0.29, 0.717) is 6.42 Å². The average Bonchev–Trinajstić information content (AvgIpc) is 2.28. The highest BCUT2D eigenvalue weighted by Gasteiger charge is 2.07. The van der Waals surface area contributed by atoms with Crippen LogP contribution in [0.2, 0.25) is 0 Å². The Labute approximate surface area is 104 Å². The van der Waals surface area contributed by atoms with Crippen LogP contribution in [0.15, 0.2) is 28.0 Å². The van der Waals surface area contributed by atoms with E-state index in [-0.39, 0.29) is 11.7 Å². The number of hydrogen-bond donors (Lipinski definition) is 0. The topological polar surface area (TPSA) is 17.1 Å². The van der Waals surface area contributed by atoms with Gasteiger partial charge in [-0.25, -0.2) is 0 Å². The molecule has 0 radical (unpaired) electrons. The van der Waals surface area contributed by atoms with Crippen LogP contribution in [0.5, 0.6) is 0 Å². The molecule has 0 aliphatic carbocycles. The first-order valence-corrected chi connectivity index (χ1v) is 7.48. The van der Waals surface area contributed by atoms with Gasteiger partial charge in [-0.05, 0) is 36.3 Å². The Morgan fingerprint density at radius 1 is 1.33 bits per heavy atom. The molecule has 0 aromatic heterocycles. The van der Waals surface area contributed by atoms with Gasteiger partial charge in [0.05, 0.1) is 5.88 Å². The quantitative estimate of drug-likeness (QED) is 0.596. The van der Waals surface area contributed by atoms with Crippen molar-refractivity contribution < 1.29 is 4.79 Å². The van der Waals surface area contributed by atoms with E-state index in [1.165, 1.54) is 4.90 Å². The lowest BCUT2D eigenvalue weighted by Gasteiger charge is -2.07. The number of benzene rings is 1. The zero-order valence-corrected chi connectivity index (χ0v) is 11.1. The van der Waals surface area contributed by atoms with Crippen LogP contribution in [-0.2, 0) is 11.2 Å². The van der Waals surface area contributed by atoms with Gasteiger partial charge in [0.25, 0.3) is 0 Å². The van der Waals surface area contributed by atoms with Crippen molar-refractivity contribution in [1.82, 2.24) is 0 Å². The predicted octanol–water partition coefficient (Wildman–Crippen LogP) is 3.48. The molecular weight excluding hydrogens is 248 g/mol. The minimum Gasteiger partial charge on any atom is -0.298 e. The summed E-state index contributed by atoms with van der Waals surface area (Å²) in [4.78, 5) is 13.6. The number of ketones is 1. The minimum absolute atomic E-state index is 0.0743. The summed E-state index contributed by atoms with van der Waals surface area (Å²) < 4.78 is 0. The van der Waals surface area contributed by atoms with Crippen LogP contribution in [0.1, 0.15) is 5.56 Å². The van der Waals surface area contributed by atoms with Crippen molar-refractivity contribution in [1.29, 1.82) is 0 Å². The maximum absolute atomic E-state index is 11.3. The second-order valence-corrected chi connectivity index (χ2v) is 5.02. The van der Waals surface area contributed by atoms with E-state index in [4.69, 9.17) is 11.6 Å². The molecule has 15 heavy (non-hydrogen) atoms. The van der Waals surface area contributed by atoms with Crippen molar-refractivity contribution in [3.05, 3.63) is 23.8 Å². The van der Waals surface area contributed by atoms with Crippen molar-refractivity contribution in [2.45, 2.75) is 16.2 Å². The van der Waals surface area contributed by atoms with E-state index in [2.05, 4.69) is 18.2 Å². The Kier molecular flexibility index (Phi) is 5.58. The lowest BCUT2D eigenvalue weighted by Crippen LogP contribution is -2.04. The summed E-state index contributed by atoms with van der Waals surface area (Å²) in [5.41, 5.74) is 1.08. The standard InChI is InChI=1S/C11H13ClOS2/c1-14-10-3-4-11(15-2)8(6-10)5-9(13)7-12/h3-4,6H,5,7H2,1-2H3. The van der Waals surface area contributed by atoms with E-state index in [1.54, 1.807) is 23.5 Å². The molecule has 0 aliphatic heterocycles. The molecule has 0 heterocycles. The van der Waals surface area contributed by atoms with Crippen LogP contribution >= 0.6 is 35.1 Å². The maximum atomic E-state index is 11.3. The molecule has 0 spiro atoms. The molecule has 0 aliphatic rings. The fourth-order valence-corrected chi connectivity index (χ4v) is 2.44. The Morgan fingerprint density at radius 2 is 2.07 bits per heavy atom. The van der Waals surface area contributed by atoms with Gasteiger partial charge in [0.15, 0.2) is 5.78 Å². The van der Waals surface area contributed by atoms with Crippen molar-refractivity contribution in [2.75, 3.05) is 18.4 Å². The second kappa shape index (κ2) is 6.46. The molecule has 0 saturated carbocycles. The van der Waals surface area contributed by atoms with Crippen LogP contribution in [-0.4, -0.2) is 24.2 Å². The van der Waals surface area contributed by atoms with E-state index in [0.717, 1.165) is 10.5 Å². The third-order valence-electron chi connectivity index (χ3n) is 2.02. The summed E-state index contributed by atoms with van der Waals surface area (Å²) in [5.74, 6) is 0.169. The third-order valence-corrected chi connectivity index (χ3v) is 3.89. The van der Waals surface area contributed by atoms with Crippen molar-refractivity contribution in [3.8, 4) is 0 Å². The summed E-state index contributed by atoms with van der Waals surface area (Å²) in [6.45, 7) is 0. The monoisotopic (exact) mass is 260 g/mol. The van der Waals surface area contributed by atoms with Crippen molar-refractivity contribution >= 4 is 40.9 Å². The molecule has 0 fully saturated rings. The molecule has 4 heteroatoms. The van der Waals surface area contributed by atoms with E-state index < -0.39 is 0 Å². The van der Waals surface area contributed by atoms with Gasteiger partial charge in [-0.3, -0.25) is 4.79 Å². The number of carbonyl (C=O) groups excluding carboxylic acids is 1. The summed E-state index contributed by atoms with van der Waals surface area (Å²) in [7, 11) is 0.